The van der Waals surface area contributed by atoms with Crippen molar-refractivity contribution in [3.63, 3.8) is 0 Å². The van der Waals surface area contributed by atoms with Gasteiger partial charge in [-0.1, -0.05) is 40.2 Å². The molecule has 0 saturated carbocycles. The Morgan fingerprint density at radius 3 is 2.26 bits per heavy atom. The first-order valence-electron chi connectivity index (χ1n) is 8.89. The van der Waals surface area contributed by atoms with Gasteiger partial charge in [-0.3, -0.25) is 0 Å². The second-order valence-corrected chi connectivity index (χ2v) is 7.25. The smallest absolute Gasteiger partial charge is 0.333 e. The van der Waals surface area contributed by atoms with E-state index in [2.05, 4.69) is 41.9 Å². The summed E-state index contributed by atoms with van der Waals surface area (Å²) in [5.74, 6) is -0.189. The molecule has 1 unspecified atom stereocenters. The van der Waals surface area contributed by atoms with Crippen molar-refractivity contribution >= 4 is 27.5 Å². The molecule has 0 aliphatic heterocycles. The number of carboxylic acids is 1. The van der Waals surface area contributed by atoms with E-state index in [1.807, 2.05) is 36.4 Å². The molecule has 0 aliphatic rings. The lowest BCUT2D eigenvalue weighted by atomic mass is 10.0. The summed E-state index contributed by atoms with van der Waals surface area (Å²) < 4.78 is 12.2. The van der Waals surface area contributed by atoms with Gasteiger partial charge in [0.15, 0.2) is 6.10 Å². The van der Waals surface area contributed by atoms with E-state index in [1.165, 1.54) is 11.1 Å². The van der Waals surface area contributed by atoms with E-state index in [1.54, 1.807) is 6.92 Å². The SMILES string of the molecule is CCOC(Cc1ccc(OC/C(C)=C(/C)c2ccc(Br)cc2)cc1)C(=O)O. The van der Waals surface area contributed by atoms with Gasteiger partial charge in [-0.2, -0.15) is 0 Å². The second-order valence-electron chi connectivity index (χ2n) is 6.33. The zero-order valence-electron chi connectivity index (χ0n) is 15.9. The van der Waals surface area contributed by atoms with Gasteiger partial charge < -0.3 is 14.6 Å². The summed E-state index contributed by atoms with van der Waals surface area (Å²) in [6.45, 7) is 6.81. The number of hydrogen-bond donors (Lipinski definition) is 1. The van der Waals surface area contributed by atoms with Crippen LogP contribution in [0.1, 0.15) is 31.9 Å². The molecule has 2 aromatic carbocycles. The van der Waals surface area contributed by atoms with Gasteiger partial charge in [-0.25, -0.2) is 4.79 Å². The standard InChI is InChI=1S/C22H25BrO4/c1-4-26-21(22(24)25)13-17-5-11-20(12-6-17)27-14-15(2)16(3)18-7-9-19(23)10-8-18/h5-12,21H,4,13-14H2,1-3H3,(H,24,25)/b16-15-. The monoisotopic (exact) mass is 432 g/mol. The predicted molar refractivity (Wildman–Crippen MR) is 111 cm³/mol. The number of allylic oxidation sites excluding steroid dienone is 1. The van der Waals surface area contributed by atoms with Crippen molar-refractivity contribution in [2.24, 2.45) is 0 Å². The number of ether oxygens (including phenoxy) is 2. The number of benzene rings is 2. The Balaban J connectivity index is 1.97. The molecule has 0 aromatic heterocycles. The normalized spacial score (nSPS) is 13.0. The van der Waals surface area contributed by atoms with Gasteiger partial charge in [0.2, 0.25) is 0 Å². The zero-order chi connectivity index (χ0) is 19.8. The molecule has 2 rings (SSSR count). The number of aliphatic carboxylic acids is 1. The fraction of sp³-hybridized carbons (Fsp3) is 0.318. The maximum absolute atomic E-state index is 11.2. The van der Waals surface area contributed by atoms with Crippen LogP contribution in [0.3, 0.4) is 0 Å². The molecule has 5 heteroatoms. The van der Waals surface area contributed by atoms with Gasteiger partial charge in [0, 0.05) is 17.5 Å². The van der Waals surface area contributed by atoms with Crippen LogP contribution in [-0.4, -0.2) is 30.4 Å². The fourth-order valence-electron chi connectivity index (χ4n) is 2.60. The van der Waals surface area contributed by atoms with E-state index >= 15 is 0 Å². The Labute approximate surface area is 168 Å². The Bertz CT molecular complexity index is 779. The van der Waals surface area contributed by atoms with Crippen LogP contribution in [-0.2, 0) is 16.0 Å². The zero-order valence-corrected chi connectivity index (χ0v) is 17.5. The number of carboxylic acid groups (broad SMARTS) is 1. The molecule has 0 bridgehead atoms. The molecular weight excluding hydrogens is 408 g/mol. The number of halogens is 1. The third kappa shape index (κ3) is 6.52. The first-order chi connectivity index (χ1) is 12.9. The van der Waals surface area contributed by atoms with E-state index in [4.69, 9.17) is 14.6 Å². The summed E-state index contributed by atoms with van der Waals surface area (Å²) in [5.41, 5.74) is 4.43. The second kappa shape index (κ2) is 10.3. The van der Waals surface area contributed by atoms with Gasteiger partial charge in [0.05, 0.1) is 0 Å². The van der Waals surface area contributed by atoms with Gasteiger partial charge >= 0.3 is 5.97 Å². The summed E-state index contributed by atoms with van der Waals surface area (Å²) in [6, 6.07) is 15.7. The van der Waals surface area contributed by atoms with E-state index in [9.17, 15) is 4.79 Å². The van der Waals surface area contributed by atoms with Crippen LogP contribution >= 0.6 is 15.9 Å². The highest BCUT2D eigenvalue weighted by Crippen LogP contribution is 2.22. The van der Waals surface area contributed by atoms with Crippen LogP contribution in [0, 0.1) is 0 Å². The predicted octanol–water partition coefficient (Wildman–Crippen LogP) is 5.35. The molecule has 144 valence electrons. The van der Waals surface area contributed by atoms with Crippen molar-refractivity contribution in [1.82, 2.24) is 0 Å². The number of rotatable bonds is 9. The molecule has 1 N–H and O–H groups in total. The summed E-state index contributed by atoms with van der Waals surface area (Å²) in [7, 11) is 0. The van der Waals surface area contributed by atoms with Gasteiger partial charge in [-0.05, 0) is 67.3 Å². The van der Waals surface area contributed by atoms with E-state index in [0.717, 1.165) is 21.4 Å². The van der Waals surface area contributed by atoms with Gasteiger partial charge in [-0.15, -0.1) is 0 Å². The third-order valence-electron chi connectivity index (χ3n) is 4.36. The Morgan fingerprint density at radius 1 is 1.07 bits per heavy atom. The van der Waals surface area contributed by atoms with Crippen molar-refractivity contribution in [2.45, 2.75) is 33.3 Å². The van der Waals surface area contributed by atoms with E-state index < -0.39 is 12.1 Å². The lowest BCUT2D eigenvalue weighted by Gasteiger charge is -2.13. The molecule has 0 amide bonds. The molecule has 0 spiro atoms. The fourth-order valence-corrected chi connectivity index (χ4v) is 2.87. The highest BCUT2D eigenvalue weighted by Gasteiger charge is 2.17. The van der Waals surface area contributed by atoms with Crippen molar-refractivity contribution in [3.05, 3.63) is 69.7 Å². The minimum atomic E-state index is -0.943. The maximum atomic E-state index is 11.2. The van der Waals surface area contributed by atoms with Crippen LogP contribution in [0.2, 0.25) is 0 Å². The Kier molecular flexibility index (Phi) is 8.07. The van der Waals surface area contributed by atoms with Crippen LogP contribution in [0.5, 0.6) is 5.75 Å². The highest BCUT2D eigenvalue weighted by atomic mass is 79.9. The first-order valence-corrected chi connectivity index (χ1v) is 9.68. The molecule has 0 saturated heterocycles. The molecule has 0 aliphatic carbocycles. The molecule has 1 atom stereocenters. The van der Waals surface area contributed by atoms with Crippen molar-refractivity contribution < 1.29 is 19.4 Å². The third-order valence-corrected chi connectivity index (χ3v) is 4.89. The summed E-state index contributed by atoms with van der Waals surface area (Å²) in [5, 5.41) is 9.17. The average Bonchev–Trinajstić information content (AvgIpc) is 2.66. The molecule has 4 nitrogen and oxygen atoms in total. The topological polar surface area (TPSA) is 55.8 Å². The number of hydrogen-bond acceptors (Lipinski definition) is 3. The molecular formula is C22H25BrO4. The highest BCUT2D eigenvalue weighted by molar-refractivity contribution is 9.10. The van der Waals surface area contributed by atoms with Crippen molar-refractivity contribution in [1.29, 1.82) is 0 Å². The summed E-state index contributed by atoms with van der Waals surface area (Å²) >= 11 is 3.45. The van der Waals surface area contributed by atoms with Crippen LogP contribution in [0.4, 0.5) is 0 Å². The molecule has 0 radical (unpaired) electrons. The quantitative estimate of drug-likeness (QED) is 0.579. The van der Waals surface area contributed by atoms with Crippen LogP contribution in [0.15, 0.2) is 58.6 Å². The van der Waals surface area contributed by atoms with Gasteiger partial charge in [0.1, 0.15) is 12.4 Å². The first kappa shape index (κ1) is 21.2. The van der Waals surface area contributed by atoms with Crippen molar-refractivity contribution in [3.8, 4) is 5.75 Å². The van der Waals surface area contributed by atoms with E-state index in [0.29, 0.717) is 19.6 Å². The largest absolute Gasteiger partial charge is 0.489 e. The minimum Gasteiger partial charge on any atom is -0.489 e. The maximum Gasteiger partial charge on any atom is 0.333 e. The lowest BCUT2D eigenvalue weighted by molar-refractivity contribution is -0.149. The van der Waals surface area contributed by atoms with Crippen LogP contribution < -0.4 is 4.74 Å². The van der Waals surface area contributed by atoms with Crippen molar-refractivity contribution in [2.75, 3.05) is 13.2 Å². The summed E-state index contributed by atoms with van der Waals surface area (Å²) in [6.07, 6.45) is -0.481. The number of carbonyl (C=O) groups is 1. The van der Waals surface area contributed by atoms with Crippen LogP contribution in [0.25, 0.3) is 5.57 Å². The average molecular weight is 433 g/mol. The van der Waals surface area contributed by atoms with E-state index in [-0.39, 0.29) is 0 Å². The molecule has 0 fully saturated rings. The minimum absolute atomic E-state index is 0.338. The molecule has 0 heterocycles. The lowest BCUT2D eigenvalue weighted by Crippen LogP contribution is -2.26. The Hall–Kier alpha value is -2.11. The summed E-state index contributed by atoms with van der Waals surface area (Å²) in [4.78, 5) is 11.2. The Morgan fingerprint density at radius 2 is 1.70 bits per heavy atom. The van der Waals surface area contributed by atoms with Gasteiger partial charge in [0.25, 0.3) is 0 Å². The molecule has 27 heavy (non-hydrogen) atoms. The molecule has 2 aromatic rings.